The SMILES string of the molecule is CN(Cc1cscn1)C(=O)c1nn(CC2CC2)c2c1CN(C(=O)CCOc1ccccc1)CC2. The van der Waals surface area contributed by atoms with Gasteiger partial charge in [0.2, 0.25) is 5.91 Å². The third kappa shape index (κ3) is 5.14. The van der Waals surface area contributed by atoms with Crippen molar-refractivity contribution in [1.82, 2.24) is 24.6 Å². The average molecular weight is 480 g/mol. The number of benzene rings is 1. The van der Waals surface area contributed by atoms with Crippen LogP contribution in [-0.4, -0.2) is 56.6 Å². The van der Waals surface area contributed by atoms with Gasteiger partial charge in [-0.05, 0) is 30.9 Å². The molecule has 1 aromatic carbocycles. The summed E-state index contributed by atoms with van der Waals surface area (Å²) in [6, 6.07) is 9.51. The molecule has 0 saturated heterocycles. The van der Waals surface area contributed by atoms with E-state index in [1.165, 1.54) is 24.2 Å². The number of amides is 2. The van der Waals surface area contributed by atoms with E-state index >= 15 is 0 Å². The van der Waals surface area contributed by atoms with Crippen LogP contribution in [0.15, 0.2) is 41.2 Å². The van der Waals surface area contributed by atoms with E-state index in [0.29, 0.717) is 50.7 Å². The van der Waals surface area contributed by atoms with Crippen LogP contribution in [0.4, 0.5) is 0 Å². The highest BCUT2D eigenvalue weighted by atomic mass is 32.1. The molecule has 9 heteroatoms. The highest BCUT2D eigenvalue weighted by Gasteiger charge is 2.33. The third-order valence-corrected chi connectivity index (χ3v) is 7.01. The van der Waals surface area contributed by atoms with Gasteiger partial charge in [0.05, 0.1) is 30.8 Å². The minimum absolute atomic E-state index is 0.0331. The summed E-state index contributed by atoms with van der Waals surface area (Å²) in [5.41, 5.74) is 5.08. The number of nitrogens with zero attached hydrogens (tertiary/aromatic N) is 5. The van der Waals surface area contributed by atoms with Crippen molar-refractivity contribution in [2.75, 3.05) is 20.2 Å². The third-order valence-electron chi connectivity index (χ3n) is 6.37. The molecule has 1 saturated carbocycles. The first-order valence-corrected chi connectivity index (χ1v) is 12.7. The summed E-state index contributed by atoms with van der Waals surface area (Å²) in [5.74, 6) is 1.31. The summed E-state index contributed by atoms with van der Waals surface area (Å²) in [7, 11) is 1.78. The summed E-state index contributed by atoms with van der Waals surface area (Å²) < 4.78 is 7.73. The second-order valence-electron chi connectivity index (χ2n) is 9.02. The summed E-state index contributed by atoms with van der Waals surface area (Å²) in [6.45, 7) is 2.66. The van der Waals surface area contributed by atoms with E-state index < -0.39 is 0 Å². The molecule has 2 aromatic heterocycles. The lowest BCUT2D eigenvalue weighted by molar-refractivity contribution is -0.132. The zero-order valence-corrected chi connectivity index (χ0v) is 20.2. The standard InChI is InChI=1S/C25H29N5O3S/c1-28(14-19-16-34-17-26-19)25(32)24-21-15-29(11-9-22(21)30(27-24)13-18-7-8-18)23(31)10-12-33-20-5-3-2-4-6-20/h2-6,16-18H,7-15H2,1H3. The van der Waals surface area contributed by atoms with Crippen molar-refractivity contribution < 1.29 is 14.3 Å². The van der Waals surface area contributed by atoms with Crippen LogP contribution in [0.2, 0.25) is 0 Å². The van der Waals surface area contributed by atoms with E-state index in [1.807, 2.05) is 45.3 Å². The van der Waals surface area contributed by atoms with Crippen molar-refractivity contribution in [1.29, 1.82) is 0 Å². The van der Waals surface area contributed by atoms with Gasteiger partial charge in [0.1, 0.15) is 5.75 Å². The molecule has 1 aliphatic heterocycles. The molecule has 0 N–H and O–H groups in total. The molecule has 178 valence electrons. The van der Waals surface area contributed by atoms with Crippen LogP contribution < -0.4 is 4.74 Å². The number of thiazole rings is 1. The minimum Gasteiger partial charge on any atom is -0.493 e. The number of aromatic nitrogens is 3. The van der Waals surface area contributed by atoms with Gasteiger partial charge < -0.3 is 14.5 Å². The van der Waals surface area contributed by atoms with Gasteiger partial charge in [-0.2, -0.15) is 5.10 Å². The van der Waals surface area contributed by atoms with E-state index in [1.54, 1.807) is 17.5 Å². The molecule has 0 bridgehead atoms. The molecule has 2 amide bonds. The summed E-state index contributed by atoms with van der Waals surface area (Å²) in [4.78, 5) is 34.1. The number of fused-ring (bicyclic) bond motifs is 1. The van der Waals surface area contributed by atoms with E-state index in [0.717, 1.165) is 29.2 Å². The number of carbonyl (C=O) groups is 2. The van der Waals surface area contributed by atoms with Gasteiger partial charge in [-0.15, -0.1) is 11.3 Å². The number of hydrogen-bond acceptors (Lipinski definition) is 6. The number of para-hydroxylation sites is 1. The van der Waals surface area contributed by atoms with Crippen molar-refractivity contribution in [3.05, 3.63) is 63.9 Å². The fourth-order valence-corrected chi connectivity index (χ4v) is 4.86. The largest absolute Gasteiger partial charge is 0.493 e. The molecule has 0 radical (unpaired) electrons. The average Bonchev–Trinajstić information content (AvgIpc) is 3.39. The van der Waals surface area contributed by atoms with Crippen LogP contribution >= 0.6 is 11.3 Å². The molecule has 8 nitrogen and oxygen atoms in total. The maximum atomic E-state index is 13.4. The van der Waals surface area contributed by atoms with Crippen molar-refractivity contribution in [3.63, 3.8) is 0 Å². The summed E-state index contributed by atoms with van der Waals surface area (Å²) in [5, 5.41) is 6.71. The molecule has 3 heterocycles. The van der Waals surface area contributed by atoms with Gasteiger partial charge in [-0.1, -0.05) is 18.2 Å². The van der Waals surface area contributed by atoms with Gasteiger partial charge in [0.25, 0.3) is 5.91 Å². The number of ether oxygens (including phenoxy) is 1. The number of hydrogen-bond donors (Lipinski definition) is 0. The van der Waals surface area contributed by atoms with Crippen molar-refractivity contribution in [2.45, 2.75) is 45.3 Å². The van der Waals surface area contributed by atoms with Crippen LogP contribution in [0.1, 0.15) is 46.7 Å². The lowest BCUT2D eigenvalue weighted by Crippen LogP contribution is -2.38. The van der Waals surface area contributed by atoms with Gasteiger partial charge in [-0.25, -0.2) is 4.98 Å². The Morgan fingerprint density at radius 2 is 2.06 bits per heavy atom. The molecule has 3 aromatic rings. The van der Waals surface area contributed by atoms with Crippen LogP contribution in [0.25, 0.3) is 0 Å². The fraction of sp³-hybridized carbons (Fsp3) is 0.440. The van der Waals surface area contributed by atoms with Gasteiger partial charge >= 0.3 is 0 Å². The Bertz CT molecular complexity index is 1140. The predicted molar refractivity (Wildman–Crippen MR) is 129 cm³/mol. The van der Waals surface area contributed by atoms with Crippen LogP contribution in [0.3, 0.4) is 0 Å². The Kier molecular flexibility index (Phi) is 6.62. The number of rotatable bonds is 9. The quantitative estimate of drug-likeness (QED) is 0.470. The Balaban J connectivity index is 1.29. The van der Waals surface area contributed by atoms with Crippen LogP contribution in [-0.2, 0) is 30.8 Å². The van der Waals surface area contributed by atoms with Crippen molar-refractivity contribution in [3.8, 4) is 5.75 Å². The second-order valence-corrected chi connectivity index (χ2v) is 9.74. The molecular formula is C25H29N5O3S. The molecule has 0 spiro atoms. The minimum atomic E-state index is -0.125. The molecule has 1 fully saturated rings. The van der Waals surface area contributed by atoms with Gasteiger partial charge in [0.15, 0.2) is 5.69 Å². The van der Waals surface area contributed by atoms with E-state index in [4.69, 9.17) is 9.84 Å². The second kappa shape index (κ2) is 9.97. The highest BCUT2D eigenvalue weighted by molar-refractivity contribution is 7.07. The molecular weight excluding hydrogens is 450 g/mol. The topological polar surface area (TPSA) is 80.6 Å². The zero-order chi connectivity index (χ0) is 23.5. The van der Waals surface area contributed by atoms with Crippen molar-refractivity contribution in [2.24, 2.45) is 5.92 Å². The lowest BCUT2D eigenvalue weighted by Gasteiger charge is -2.28. The Morgan fingerprint density at radius 1 is 1.24 bits per heavy atom. The Morgan fingerprint density at radius 3 is 2.79 bits per heavy atom. The predicted octanol–water partition coefficient (Wildman–Crippen LogP) is 3.38. The maximum absolute atomic E-state index is 13.4. The summed E-state index contributed by atoms with van der Waals surface area (Å²) in [6.07, 6.45) is 3.44. The van der Waals surface area contributed by atoms with E-state index in [9.17, 15) is 9.59 Å². The first-order chi connectivity index (χ1) is 16.6. The maximum Gasteiger partial charge on any atom is 0.274 e. The Labute approximate surface area is 203 Å². The Hall–Kier alpha value is -3.20. The van der Waals surface area contributed by atoms with Crippen LogP contribution in [0, 0.1) is 5.92 Å². The van der Waals surface area contributed by atoms with E-state index in [2.05, 4.69) is 4.98 Å². The first-order valence-electron chi connectivity index (χ1n) is 11.7. The molecule has 5 rings (SSSR count). The highest BCUT2D eigenvalue weighted by Crippen LogP contribution is 2.33. The normalized spacial score (nSPS) is 15.1. The van der Waals surface area contributed by atoms with Crippen LogP contribution in [0.5, 0.6) is 5.75 Å². The summed E-state index contributed by atoms with van der Waals surface area (Å²) >= 11 is 1.52. The van der Waals surface area contributed by atoms with E-state index in [-0.39, 0.29) is 11.8 Å². The van der Waals surface area contributed by atoms with Crippen molar-refractivity contribution >= 4 is 23.2 Å². The molecule has 34 heavy (non-hydrogen) atoms. The molecule has 0 atom stereocenters. The molecule has 0 unspecified atom stereocenters. The first kappa shape index (κ1) is 22.6. The monoisotopic (exact) mass is 479 g/mol. The fourth-order valence-electron chi connectivity index (χ4n) is 4.31. The number of carbonyl (C=O) groups excluding carboxylic acids is 2. The smallest absolute Gasteiger partial charge is 0.274 e. The van der Waals surface area contributed by atoms with Gasteiger partial charge in [0, 0.05) is 49.7 Å². The lowest BCUT2D eigenvalue weighted by atomic mass is 10.0. The molecule has 1 aliphatic carbocycles. The van der Waals surface area contributed by atoms with Gasteiger partial charge in [-0.3, -0.25) is 14.3 Å². The zero-order valence-electron chi connectivity index (χ0n) is 19.4. The molecule has 2 aliphatic rings.